The van der Waals surface area contributed by atoms with Gasteiger partial charge in [0.25, 0.3) is 0 Å². The zero-order valence-electron chi connectivity index (χ0n) is 12.0. The minimum Gasteiger partial charge on any atom is -0.463 e. The lowest BCUT2D eigenvalue weighted by Crippen LogP contribution is -2.27. The topological polar surface area (TPSA) is 28.4 Å². The molecular weight excluding hydrogens is 236 g/mol. The Balaban J connectivity index is 1.51. The molecule has 0 bridgehead atoms. The summed E-state index contributed by atoms with van der Waals surface area (Å²) in [5.41, 5.74) is 0. The molecule has 0 amide bonds. The smallest absolute Gasteiger partial charge is 0.118 e. The molecule has 3 heteroatoms. The van der Waals surface area contributed by atoms with E-state index in [1.807, 2.05) is 0 Å². The summed E-state index contributed by atoms with van der Waals surface area (Å²) < 4.78 is 5.92. The fourth-order valence-corrected chi connectivity index (χ4v) is 2.61. The fourth-order valence-electron chi connectivity index (χ4n) is 2.61. The molecular formula is C16H26N2O. The summed E-state index contributed by atoms with van der Waals surface area (Å²) in [6.07, 6.45) is 5.74. The van der Waals surface area contributed by atoms with E-state index in [0.29, 0.717) is 0 Å². The molecule has 0 unspecified atom stereocenters. The third-order valence-electron chi connectivity index (χ3n) is 4.07. The van der Waals surface area contributed by atoms with Crippen LogP contribution in [0.15, 0.2) is 16.5 Å². The zero-order chi connectivity index (χ0) is 13.1. The highest BCUT2D eigenvalue weighted by molar-refractivity contribution is 5.07. The second-order valence-electron chi connectivity index (χ2n) is 6.23. The molecule has 1 N–H and O–H groups in total. The second-order valence-corrected chi connectivity index (χ2v) is 6.23. The van der Waals surface area contributed by atoms with Crippen LogP contribution in [0, 0.1) is 11.8 Å². The van der Waals surface area contributed by atoms with Crippen molar-refractivity contribution >= 4 is 0 Å². The largest absolute Gasteiger partial charge is 0.463 e. The minimum atomic E-state index is 0.849. The molecule has 106 valence electrons. The number of nitrogens with zero attached hydrogens (tertiary/aromatic N) is 1. The number of furan rings is 1. The van der Waals surface area contributed by atoms with Crippen LogP contribution in [-0.4, -0.2) is 24.5 Å². The summed E-state index contributed by atoms with van der Waals surface area (Å²) in [7, 11) is 0. The van der Waals surface area contributed by atoms with Gasteiger partial charge in [-0.3, -0.25) is 4.90 Å². The normalized spacial score (nSPS) is 19.3. The Kier molecular flexibility index (Phi) is 4.24. The van der Waals surface area contributed by atoms with Crippen molar-refractivity contribution in [3.8, 4) is 0 Å². The van der Waals surface area contributed by atoms with Crippen molar-refractivity contribution in [1.29, 1.82) is 0 Å². The molecule has 2 aliphatic carbocycles. The fraction of sp³-hybridized carbons (Fsp3) is 0.750. The number of nitrogens with one attached hydrogen (secondary N) is 1. The van der Waals surface area contributed by atoms with Gasteiger partial charge in [0.05, 0.1) is 13.1 Å². The van der Waals surface area contributed by atoms with Gasteiger partial charge >= 0.3 is 0 Å². The summed E-state index contributed by atoms with van der Waals surface area (Å²) in [4.78, 5) is 2.62. The maximum Gasteiger partial charge on any atom is 0.118 e. The number of rotatable bonds is 9. The predicted molar refractivity (Wildman–Crippen MR) is 76.8 cm³/mol. The summed E-state index contributed by atoms with van der Waals surface area (Å²) in [5, 5.41) is 3.31. The van der Waals surface area contributed by atoms with Crippen molar-refractivity contribution in [1.82, 2.24) is 10.2 Å². The number of hydrogen-bond donors (Lipinski definition) is 1. The van der Waals surface area contributed by atoms with Gasteiger partial charge in [-0.05, 0) is 56.2 Å². The molecule has 2 saturated carbocycles. The maximum absolute atomic E-state index is 5.92. The molecule has 0 atom stereocenters. The molecule has 2 fully saturated rings. The van der Waals surface area contributed by atoms with E-state index < -0.39 is 0 Å². The molecule has 0 spiro atoms. The van der Waals surface area contributed by atoms with E-state index in [1.165, 1.54) is 38.8 Å². The van der Waals surface area contributed by atoms with Crippen LogP contribution in [0.5, 0.6) is 0 Å². The van der Waals surface area contributed by atoms with Gasteiger partial charge in [-0.25, -0.2) is 0 Å². The van der Waals surface area contributed by atoms with Crippen LogP contribution in [0.2, 0.25) is 0 Å². The first-order chi connectivity index (χ1) is 9.33. The highest BCUT2D eigenvalue weighted by atomic mass is 16.3. The second kappa shape index (κ2) is 6.10. The first kappa shape index (κ1) is 13.2. The number of hydrogen-bond acceptors (Lipinski definition) is 3. The Bertz CT molecular complexity index is 379. The van der Waals surface area contributed by atoms with E-state index in [4.69, 9.17) is 4.42 Å². The molecule has 3 rings (SSSR count). The van der Waals surface area contributed by atoms with Crippen molar-refractivity contribution in [2.24, 2.45) is 11.8 Å². The van der Waals surface area contributed by atoms with E-state index in [0.717, 1.165) is 43.0 Å². The van der Waals surface area contributed by atoms with Crippen LogP contribution in [0.4, 0.5) is 0 Å². The van der Waals surface area contributed by atoms with Crippen LogP contribution in [-0.2, 0) is 13.1 Å². The maximum atomic E-state index is 5.92. The van der Waals surface area contributed by atoms with Gasteiger partial charge in [0.2, 0.25) is 0 Å². The molecule has 1 heterocycles. The molecule has 2 aliphatic rings. The van der Waals surface area contributed by atoms with Gasteiger partial charge in [0.15, 0.2) is 0 Å². The van der Waals surface area contributed by atoms with E-state index in [1.54, 1.807) is 0 Å². The third kappa shape index (κ3) is 4.36. The molecule has 1 aromatic heterocycles. The van der Waals surface area contributed by atoms with E-state index in [2.05, 4.69) is 29.3 Å². The zero-order valence-corrected chi connectivity index (χ0v) is 12.0. The van der Waals surface area contributed by atoms with Crippen LogP contribution < -0.4 is 5.32 Å². The first-order valence-corrected chi connectivity index (χ1v) is 7.84. The minimum absolute atomic E-state index is 0.849. The Morgan fingerprint density at radius 1 is 1.11 bits per heavy atom. The average molecular weight is 262 g/mol. The Hall–Kier alpha value is -0.800. The van der Waals surface area contributed by atoms with Crippen LogP contribution >= 0.6 is 0 Å². The van der Waals surface area contributed by atoms with Crippen molar-refractivity contribution in [3.63, 3.8) is 0 Å². The molecule has 0 aromatic carbocycles. The molecule has 0 saturated heterocycles. The Morgan fingerprint density at radius 2 is 1.74 bits per heavy atom. The van der Waals surface area contributed by atoms with Crippen molar-refractivity contribution < 1.29 is 4.42 Å². The Morgan fingerprint density at radius 3 is 2.32 bits per heavy atom. The lowest BCUT2D eigenvalue weighted by molar-refractivity contribution is 0.223. The quantitative estimate of drug-likeness (QED) is 0.741. The molecule has 0 radical (unpaired) electrons. The lowest BCUT2D eigenvalue weighted by Gasteiger charge is -2.20. The van der Waals surface area contributed by atoms with Crippen molar-refractivity contribution in [2.75, 3.05) is 19.6 Å². The highest BCUT2D eigenvalue weighted by Gasteiger charge is 2.29. The van der Waals surface area contributed by atoms with E-state index in [9.17, 15) is 0 Å². The Labute approximate surface area is 116 Å². The van der Waals surface area contributed by atoms with Crippen molar-refractivity contribution in [3.05, 3.63) is 23.7 Å². The van der Waals surface area contributed by atoms with Gasteiger partial charge in [-0.1, -0.05) is 6.92 Å². The van der Waals surface area contributed by atoms with Crippen LogP contribution in [0.1, 0.15) is 44.1 Å². The molecule has 19 heavy (non-hydrogen) atoms. The summed E-state index contributed by atoms with van der Waals surface area (Å²) >= 11 is 0. The van der Waals surface area contributed by atoms with Gasteiger partial charge in [0, 0.05) is 13.1 Å². The highest BCUT2D eigenvalue weighted by Crippen LogP contribution is 2.34. The van der Waals surface area contributed by atoms with Crippen LogP contribution in [0.25, 0.3) is 0 Å². The van der Waals surface area contributed by atoms with Gasteiger partial charge in [-0.15, -0.1) is 0 Å². The summed E-state index contributed by atoms with van der Waals surface area (Å²) in [6.45, 7) is 7.52. The van der Waals surface area contributed by atoms with Crippen LogP contribution in [0.3, 0.4) is 0 Å². The summed E-state index contributed by atoms with van der Waals surface area (Å²) in [6, 6.07) is 4.27. The molecule has 3 nitrogen and oxygen atoms in total. The molecule has 0 aliphatic heterocycles. The third-order valence-corrected chi connectivity index (χ3v) is 4.07. The average Bonchev–Trinajstić information content (AvgIpc) is 3.31. The monoisotopic (exact) mass is 262 g/mol. The van der Waals surface area contributed by atoms with E-state index in [-0.39, 0.29) is 0 Å². The first-order valence-electron chi connectivity index (χ1n) is 7.84. The van der Waals surface area contributed by atoms with Gasteiger partial charge in [-0.2, -0.15) is 0 Å². The van der Waals surface area contributed by atoms with E-state index >= 15 is 0 Å². The lowest BCUT2D eigenvalue weighted by atomic mass is 10.3. The van der Waals surface area contributed by atoms with Gasteiger partial charge in [0.1, 0.15) is 11.5 Å². The van der Waals surface area contributed by atoms with Gasteiger partial charge < -0.3 is 9.73 Å². The SMILES string of the molecule is CCNCc1ccc(CN(CC2CC2)CC2CC2)o1. The standard InChI is InChI=1S/C16H26N2O/c1-2-17-9-15-7-8-16(19-15)12-18(10-13-3-4-13)11-14-5-6-14/h7-8,13-14,17H,2-6,9-12H2,1H3. The molecule has 1 aromatic rings. The van der Waals surface area contributed by atoms with Crippen molar-refractivity contribution in [2.45, 2.75) is 45.7 Å². The predicted octanol–water partition coefficient (Wildman–Crippen LogP) is 3.01. The summed E-state index contributed by atoms with van der Waals surface area (Å²) in [5.74, 6) is 4.13.